The summed E-state index contributed by atoms with van der Waals surface area (Å²) < 4.78 is 11.2. The van der Waals surface area contributed by atoms with E-state index in [4.69, 9.17) is 9.15 Å². The zero-order valence-corrected chi connectivity index (χ0v) is 20.3. The smallest absolute Gasteiger partial charge is 0.341 e. The van der Waals surface area contributed by atoms with Crippen LogP contribution in [0.5, 0.6) is 0 Å². The number of ether oxygens (including phenoxy) is 1. The molecular weight excluding hydrogens is 460 g/mol. The number of carbonyl (C=O) groups excluding carboxylic acids is 2. The molecule has 0 radical (unpaired) electrons. The lowest BCUT2D eigenvalue weighted by Gasteiger charge is -2.12. The van der Waals surface area contributed by atoms with Gasteiger partial charge in [0, 0.05) is 16.9 Å². The van der Waals surface area contributed by atoms with E-state index in [9.17, 15) is 14.9 Å². The van der Waals surface area contributed by atoms with Gasteiger partial charge >= 0.3 is 5.97 Å². The minimum atomic E-state index is -0.567. The van der Waals surface area contributed by atoms with Crippen LogP contribution in [0, 0.1) is 11.3 Å². The maximum atomic E-state index is 13.0. The van der Waals surface area contributed by atoms with Crippen LogP contribution in [0.1, 0.15) is 75.9 Å². The normalized spacial score (nSPS) is 18.9. The molecule has 0 unspecified atom stereocenters. The highest BCUT2D eigenvalue weighted by Crippen LogP contribution is 2.54. The minimum absolute atomic E-state index is 0.0810. The quantitative estimate of drug-likeness (QED) is 0.243. The summed E-state index contributed by atoms with van der Waals surface area (Å²) in [7, 11) is 0. The first-order chi connectivity index (χ1) is 17.1. The first kappa shape index (κ1) is 23.1. The molecular formula is C28H26N2O4S. The van der Waals surface area contributed by atoms with E-state index in [2.05, 4.69) is 17.4 Å². The van der Waals surface area contributed by atoms with Gasteiger partial charge in [-0.2, -0.15) is 5.26 Å². The molecule has 6 nitrogen and oxygen atoms in total. The second-order valence-corrected chi connectivity index (χ2v) is 9.96. The van der Waals surface area contributed by atoms with Crippen molar-refractivity contribution in [1.29, 1.82) is 5.26 Å². The number of rotatable bonds is 7. The number of aryl methyl sites for hydroxylation is 1. The fourth-order valence-electron chi connectivity index (χ4n) is 4.76. The Morgan fingerprint density at radius 3 is 2.74 bits per heavy atom. The van der Waals surface area contributed by atoms with Crippen LogP contribution < -0.4 is 5.32 Å². The molecule has 2 aliphatic carbocycles. The Hall–Kier alpha value is -3.63. The molecule has 1 amide bonds. The summed E-state index contributed by atoms with van der Waals surface area (Å²) in [6, 6.07) is 16.0. The highest BCUT2D eigenvalue weighted by Gasteiger charge is 2.41. The molecule has 0 bridgehead atoms. The van der Waals surface area contributed by atoms with Crippen molar-refractivity contribution in [3.63, 3.8) is 0 Å². The summed E-state index contributed by atoms with van der Waals surface area (Å²) >= 11 is 1.40. The lowest BCUT2D eigenvalue weighted by molar-refractivity contribution is -0.112. The third-order valence-electron chi connectivity index (χ3n) is 6.56. The van der Waals surface area contributed by atoms with Crippen molar-refractivity contribution >= 4 is 34.3 Å². The van der Waals surface area contributed by atoms with Crippen molar-refractivity contribution < 1.29 is 18.7 Å². The second-order valence-electron chi connectivity index (χ2n) is 8.86. The van der Waals surface area contributed by atoms with Gasteiger partial charge in [-0.3, -0.25) is 4.79 Å². The van der Waals surface area contributed by atoms with Gasteiger partial charge in [0.15, 0.2) is 0 Å². The number of furan rings is 1. The van der Waals surface area contributed by atoms with E-state index in [0.717, 1.165) is 48.3 Å². The summed E-state index contributed by atoms with van der Waals surface area (Å²) in [5.41, 5.74) is 2.60. The maximum Gasteiger partial charge on any atom is 0.341 e. The highest BCUT2D eigenvalue weighted by molar-refractivity contribution is 7.17. The number of nitrogens with zero attached hydrogens (tertiary/aromatic N) is 1. The molecule has 178 valence electrons. The average molecular weight is 487 g/mol. The molecule has 1 fully saturated rings. The zero-order chi connectivity index (χ0) is 24.4. The molecule has 2 aliphatic rings. The van der Waals surface area contributed by atoms with E-state index in [1.165, 1.54) is 23.0 Å². The molecule has 35 heavy (non-hydrogen) atoms. The summed E-state index contributed by atoms with van der Waals surface area (Å²) in [4.78, 5) is 26.7. The van der Waals surface area contributed by atoms with Crippen LogP contribution in [0.3, 0.4) is 0 Å². The number of nitrogens with one attached hydrogen (secondary N) is 1. The molecule has 5 rings (SSSR count). The zero-order valence-electron chi connectivity index (χ0n) is 19.5. The van der Waals surface area contributed by atoms with Crippen LogP contribution in [0.4, 0.5) is 5.00 Å². The predicted octanol–water partition coefficient (Wildman–Crippen LogP) is 6.21. The van der Waals surface area contributed by atoms with Crippen LogP contribution in [-0.2, 0) is 22.4 Å². The fourth-order valence-corrected chi connectivity index (χ4v) is 6.03. The number of hydrogen-bond donors (Lipinski definition) is 1. The van der Waals surface area contributed by atoms with E-state index >= 15 is 0 Å². The van der Waals surface area contributed by atoms with Crippen molar-refractivity contribution in [2.24, 2.45) is 0 Å². The number of thiophene rings is 1. The van der Waals surface area contributed by atoms with Crippen molar-refractivity contribution in [3.8, 4) is 6.07 Å². The monoisotopic (exact) mass is 486 g/mol. The number of amides is 1. The average Bonchev–Trinajstić information content (AvgIpc) is 3.39. The van der Waals surface area contributed by atoms with Crippen molar-refractivity contribution in [2.45, 2.75) is 50.9 Å². The number of hydrogen-bond acceptors (Lipinski definition) is 6. The summed E-state index contributed by atoms with van der Waals surface area (Å²) in [6.07, 6.45) is 6.20. The Labute approximate surface area is 208 Å². The third-order valence-corrected chi connectivity index (χ3v) is 7.77. The topological polar surface area (TPSA) is 92.3 Å². The number of nitriles is 1. The van der Waals surface area contributed by atoms with Gasteiger partial charge in [-0.15, -0.1) is 11.3 Å². The highest BCUT2D eigenvalue weighted by atomic mass is 32.1. The molecule has 7 heteroatoms. The number of carbonyl (C=O) groups is 2. The van der Waals surface area contributed by atoms with Gasteiger partial charge in [0.05, 0.1) is 12.2 Å². The number of anilines is 1. The van der Waals surface area contributed by atoms with E-state index < -0.39 is 11.9 Å². The van der Waals surface area contributed by atoms with E-state index in [0.29, 0.717) is 28.2 Å². The minimum Gasteiger partial charge on any atom is -0.462 e. The summed E-state index contributed by atoms with van der Waals surface area (Å²) in [6.45, 7) is 2.01. The molecule has 2 heterocycles. The van der Waals surface area contributed by atoms with Gasteiger partial charge in [0.25, 0.3) is 5.91 Å². The summed E-state index contributed by atoms with van der Waals surface area (Å²) in [5, 5.41) is 12.9. The maximum absolute atomic E-state index is 13.0. The molecule has 2 atom stereocenters. The predicted molar refractivity (Wildman–Crippen MR) is 134 cm³/mol. The summed E-state index contributed by atoms with van der Waals surface area (Å²) in [5.74, 6) is 1.06. The van der Waals surface area contributed by atoms with Gasteiger partial charge < -0.3 is 14.5 Å². The Morgan fingerprint density at radius 2 is 1.97 bits per heavy atom. The van der Waals surface area contributed by atoms with E-state index in [1.807, 2.05) is 30.3 Å². The Balaban J connectivity index is 1.33. The van der Waals surface area contributed by atoms with Gasteiger partial charge in [-0.25, -0.2) is 4.79 Å². The van der Waals surface area contributed by atoms with Gasteiger partial charge in [0.1, 0.15) is 28.2 Å². The first-order valence-electron chi connectivity index (χ1n) is 12.0. The number of benzene rings is 1. The van der Waals surface area contributed by atoms with Crippen LogP contribution in [0.2, 0.25) is 0 Å². The lowest BCUT2D eigenvalue weighted by Crippen LogP contribution is -2.16. The molecule has 2 aromatic heterocycles. The van der Waals surface area contributed by atoms with Gasteiger partial charge in [-0.1, -0.05) is 30.3 Å². The van der Waals surface area contributed by atoms with Crippen LogP contribution in [0.15, 0.2) is 52.5 Å². The molecule has 1 saturated carbocycles. The lowest BCUT2D eigenvalue weighted by atomic mass is 9.95. The largest absolute Gasteiger partial charge is 0.462 e. The number of esters is 1. The molecule has 0 saturated heterocycles. The van der Waals surface area contributed by atoms with Crippen molar-refractivity contribution in [1.82, 2.24) is 0 Å². The van der Waals surface area contributed by atoms with Crippen LogP contribution >= 0.6 is 11.3 Å². The Kier molecular flexibility index (Phi) is 6.56. The first-order valence-corrected chi connectivity index (χ1v) is 12.8. The Morgan fingerprint density at radius 1 is 1.17 bits per heavy atom. The molecule has 1 aromatic carbocycles. The van der Waals surface area contributed by atoms with Gasteiger partial charge in [-0.05, 0) is 68.2 Å². The van der Waals surface area contributed by atoms with Gasteiger partial charge in [0.2, 0.25) is 0 Å². The van der Waals surface area contributed by atoms with E-state index in [1.54, 1.807) is 13.0 Å². The SMILES string of the molecule is CCOC(=O)c1c(NC(=O)/C(C#N)=C/c2ccc([C@@H]3C[C@H]3c3ccccc3)o2)sc2c1CCCC2. The molecule has 0 spiro atoms. The van der Waals surface area contributed by atoms with E-state index in [-0.39, 0.29) is 12.2 Å². The molecule has 0 aliphatic heterocycles. The third kappa shape index (κ3) is 4.80. The fraction of sp³-hybridized carbons (Fsp3) is 0.321. The van der Waals surface area contributed by atoms with Crippen LogP contribution in [0.25, 0.3) is 6.08 Å². The number of fused-ring (bicyclic) bond motifs is 1. The Bertz CT molecular complexity index is 1330. The molecule has 3 aromatic rings. The van der Waals surface area contributed by atoms with Crippen LogP contribution in [-0.4, -0.2) is 18.5 Å². The standard InChI is InChI=1S/C28H26N2O4S/c1-2-33-28(32)25-20-10-6-7-11-24(20)35-27(25)30-26(31)18(16-29)14-19-12-13-23(34-19)22-15-21(22)17-8-4-3-5-9-17/h3-5,8-9,12-14,21-22H,2,6-7,10-11,15H2,1H3,(H,30,31)/b18-14+/t21-,22+/m0/s1. The van der Waals surface area contributed by atoms with Crippen molar-refractivity contribution in [2.75, 3.05) is 11.9 Å². The second kappa shape index (κ2) is 9.93. The molecule has 1 N–H and O–H groups in total. The van der Waals surface area contributed by atoms with Crippen molar-refractivity contribution in [3.05, 3.63) is 81.1 Å².